The zero-order valence-electron chi connectivity index (χ0n) is 14.0. The van der Waals surface area contributed by atoms with E-state index in [4.69, 9.17) is 4.74 Å². The van der Waals surface area contributed by atoms with Crippen LogP contribution in [0.2, 0.25) is 0 Å². The highest BCUT2D eigenvalue weighted by molar-refractivity contribution is 5.99. The molecule has 25 heavy (non-hydrogen) atoms. The number of hydrogen-bond donors (Lipinski definition) is 2. The van der Waals surface area contributed by atoms with Gasteiger partial charge in [0.15, 0.2) is 6.61 Å². The Morgan fingerprint density at radius 2 is 2.08 bits per heavy atom. The number of benzene rings is 1. The molecule has 0 unspecified atom stereocenters. The Labute approximate surface area is 145 Å². The highest BCUT2D eigenvalue weighted by Gasteiger charge is 2.22. The summed E-state index contributed by atoms with van der Waals surface area (Å²) >= 11 is 0. The van der Waals surface area contributed by atoms with Crippen LogP contribution in [0.15, 0.2) is 24.3 Å². The van der Waals surface area contributed by atoms with Crippen molar-refractivity contribution in [3.63, 3.8) is 0 Å². The van der Waals surface area contributed by atoms with Crippen LogP contribution < -0.4 is 15.5 Å². The number of carbonyl (C=O) groups excluding carboxylic acids is 4. The molecule has 4 amide bonds. The minimum Gasteiger partial charge on any atom is -0.452 e. The lowest BCUT2D eigenvalue weighted by molar-refractivity contribution is -0.123. The van der Waals surface area contributed by atoms with Gasteiger partial charge in [0.25, 0.3) is 5.91 Å². The molecule has 2 N–H and O–H groups in total. The van der Waals surface area contributed by atoms with Crippen molar-refractivity contribution in [1.82, 2.24) is 10.6 Å². The van der Waals surface area contributed by atoms with E-state index in [2.05, 4.69) is 10.6 Å². The predicted octanol–water partition coefficient (Wildman–Crippen LogP) is 1.21. The van der Waals surface area contributed by atoms with Crippen LogP contribution in [0.25, 0.3) is 0 Å². The lowest BCUT2D eigenvalue weighted by Gasteiger charge is -2.16. The Kier molecular flexibility index (Phi) is 6.50. The molecular weight excluding hydrogens is 326 g/mol. The molecule has 1 aromatic rings. The third-order valence-electron chi connectivity index (χ3n) is 3.59. The lowest BCUT2D eigenvalue weighted by atomic mass is 10.2. The van der Waals surface area contributed by atoms with Crippen LogP contribution in [0.4, 0.5) is 10.5 Å². The minimum atomic E-state index is -0.715. The van der Waals surface area contributed by atoms with E-state index in [1.807, 2.05) is 6.92 Å². The Morgan fingerprint density at radius 3 is 2.76 bits per heavy atom. The smallest absolute Gasteiger partial charge is 0.338 e. The zero-order valence-corrected chi connectivity index (χ0v) is 14.0. The molecule has 1 aliphatic rings. The number of ether oxygens (including phenoxy) is 1. The van der Waals surface area contributed by atoms with Crippen LogP contribution >= 0.6 is 0 Å². The molecule has 0 bridgehead atoms. The summed E-state index contributed by atoms with van der Waals surface area (Å²) < 4.78 is 4.91. The molecule has 1 heterocycles. The van der Waals surface area contributed by atoms with Crippen LogP contribution in [-0.4, -0.2) is 43.5 Å². The molecule has 0 aliphatic carbocycles. The van der Waals surface area contributed by atoms with Crippen LogP contribution in [0, 0.1) is 0 Å². The number of carbonyl (C=O) groups is 4. The van der Waals surface area contributed by atoms with E-state index in [0.29, 0.717) is 25.2 Å². The number of amides is 4. The summed E-state index contributed by atoms with van der Waals surface area (Å²) in [4.78, 5) is 48.3. The van der Waals surface area contributed by atoms with Crippen LogP contribution in [0.1, 0.15) is 36.5 Å². The number of imide groups is 1. The van der Waals surface area contributed by atoms with Gasteiger partial charge in [-0.05, 0) is 31.0 Å². The first kappa shape index (κ1) is 18.4. The fourth-order valence-corrected chi connectivity index (χ4v) is 2.38. The van der Waals surface area contributed by atoms with Gasteiger partial charge < -0.3 is 15.0 Å². The van der Waals surface area contributed by atoms with Gasteiger partial charge in [0.2, 0.25) is 5.91 Å². The highest BCUT2D eigenvalue weighted by atomic mass is 16.5. The van der Waals surface area contributed by atoms with Crippen LogP contribution in [0.5, 0.6) is 0 Å². The molecular formula is C17H21N3O5. The van der Waals surface area contributed by atoms with Crippen molar-refractivity contribution >= 4 is 29.5 Å². The Bertz CT molecular complexity index is 674. The number of esters is 1. The average Bonchev–Trinajstić information content (AvgIpc) is 3.04. The maximum atomic E-state index is 12.0. The molecule has 8 nitrogen and oxygen atoms in total. The Balaban J connectivity index is 1.87. The SMILES string of the molecule is CCCNC(=O)NC(=O)COC(=O)c1cccc(N2CCCC2=O)c1. The quantitative estimate of drug-likeness (QED) is 0.753. The molecule has 0 radical (unpaired) electrons. The molecule has 0 spiro atoms. The summed E-state index contributed by atoms with van der Waals surface area (Å²) in [6.07, 6.45) is 2.02. The molecule has 1 saturated heterocycles. The van der Waals surface area contributed by atoms with Gasteiger partial charge >= 0.3 is 12.0 Å². The summed E-state index contributed by atoms with van der Waals surface area (Å²) in [5, 5.41) is 4.54. The fraction of sp³-hybridized carbons (Fsp3) is 0.412. The van der Waals surface area contributed by atoms with Crippen molar-refractivity contribution < 1.29 is 23.9 Å². The number of rotatable bonds is 6. The molecule has 0 aromatic heterocycles. The van der Waals surface area contributed by atoms with E-state index >= 15 is 0 Å². The topological polar surface area (TPSA) is 105 Å². The van der Waals surface area contributed by atoms with Crippen molar-refractivity contribution in [2.24, 2.45) is 0 Å². The van der Waals surface area contributed by atoms with E-state index in [1.165, 1.54) is 6.07 Å². The van der Waals surface area contributed by atoms with Crippen LogP contribution in [0.3, 0.4) is 0 Å². The summed E-state index contributed by atoms with van der Waals surface area (Å²) in [6, 6.07) is 5.85. The molecule has 1 aliphatic heterocycles. The summed E-state index contributed by atoms with van der Waals surface area (Å²) in [5.74, 6) is -1.39. The fourth-order valence-electron chi connectivity index (χ4n) is 2.38. The zero-order chi connectivity index (χ0) is 18.2. The monoisotopic (exact) mass is 347 g/mol. The number of urea groups is 1. The van der Waals surface area contributed by atoms with E-state index in [0.717, 1.165) is 12.8 Å². The van der Waals surface area contributed by atoms with Crippen LogP contribution in [-0.2, 0) is 14.3 Å². The first-order valence-corrected chi connectivity index (χ1v) is 8.16. The van der Waals surface area contributed by atoms with Gasteiger partial charge in [-0.25, -0.2) is 9.59 Å². The van der Waals surface area contributed by atoms with Crippen molar-refractivity contribution in [2.45, 2.75) is 26.2 Å². The number of nitrogens with one attached hydrogen (secondary N) is 2. The predicted molar refractivity (Wildman–Crippen MR) is 90.1 cm³/mol. The summed E-state index contributed by atoms with van der Waals surface area (Å²) in [7, 11) is 0. The van der Waals surface area contributed by atoms with Gasteiger partial charge in [-0.15, -0.1) is 0 Å². The minimum absolute atomic E-state index is 0.0167. The van der Waals surface area contributed by atoms with Gasteiger partial charge in [-0.2, -0.15) is 0 Å². The second-order valence-electron chi connectivity index (χ2n) is 5.58. The first-order chi connectivity index (χ1) is 12.0. The third-order valence-corrected chi connectivity index (χ3v) is 3.59. The van der Waals surface area contributed by atoms with Crippen molar-refractivity contribution in [3.05, 3.63) is 29.8 Å². The Hall–Kier alpha value is -2.90. The third kappa shape index (κ3) is 5.30. The van der Waals surface area contributed by atoms with Gasteiger partial charge in [-0.1, -0.05) is 13.0 Å². The molecule has 0 atom stereocenters. The normalized spacial score (nSPS) is 13.5. The second kappa shape index (κ2) is 8.81. The summed E-state index contributed by atoms with van der Waals surface area (Å²) in [6.45, 7) is 2.38. The standard InChI is InChI=1S/C17H21N3O5/c1-2-8-18-17(24)19-14(21)11-25-16(23)12-5-3-6-13(10-12)20-9-4-7-15(20)22/h3,5-6,10H,2,4,7-9,11H2,1H3,(H2,18,19,21,24). The van der Waals surface area contributed by atoms with Gasteiger partial charge in [0.1, 0.15) is 0 Å². The van der Waals surface area contributed by atoms with E-state index in [-0.39, 0.29) is 11.5 Å². The van der Waals surface area contributed by atoms with Crippen molar-refractivity contribution in [1.29, 1.82) is 0 Å². The molecule has 0 saturated carbocycles. The summed E-state index contributed by atoms with van der Waals surface area (Å²) in [5.41, 5.74) is 0.862. The molecule has 8 heteroatoms. The molecule has 2 rings (SSSR count). The number of anilines is 1. The van der Waals surface area contributed by atoms with Gasteiger partial charge in [-0.3, -0.25) is 14.9 Å². The van der Waals surface area contributed by atoms with Crippen molar-refractivity contribution in [2.75, 3.05) is 24.6 Å². The van der Waals surface area contributed by atoms with Crippen molar-refractivity contribution in [3.8, 4) is 0 Å². The highest BCUT2D eigenvalue weighted by Crippen LogP contribution is 2.22. The van der Waals surface area contributed by atoms with E-state index < -0.39 is 24.5 Å². The molecule has 1 aromatic carbocycles. The van der Waals surface area contributed by atoms with Gasteiger partial charge in [0, 0.05) is 25.2 Å². The van der Waals surface area contributed by atoms with E-state index in [9.17, 15) is 19.2 Å². The van der Waals surface area contributed by atoms with Gasteiger partial charge in [0.05, 0.1) is 5.56 Å². The average molecular weight is 347 g/mol. The first-order valence-electron chi connectivity index (χ1n) is 8.16. The molecule has 134 valence electrons. The Morgan fingerprint density at radius 1 is 1.28 bits per heavy atom. The second-order valence-corrected chi connectivity index (χ2v) is 5.58. The number of hydrogen-bond acceptors (Lipinski definition) is 5. The van der Waals surface area contributed by atoms with E-state index in [1.54, 1.807) is 23.1 Å². The largest absolute Gasteiger partial charge is 0.452 e. The number of nitrogens with zero attached hydrogens (tertiary/aromatic N) is 1. The molecule has 1 fully saturated rings. The maximum Gasteiger partial charge on any atom is 0.338 e. The maximum absolute atomic E-state index is 12.0. The lowest BCUT2D eigenvalue weighted by Crippen LogP contribution is -2.41.